The standard InChI is InChI=1S/C18H31N3O/c1-20(2)11-7-10-19-15-16-8-9-17(18(14-16)22-3)21-12-5-4-6-13-21/h8-9,14,19H,4-7,10-13,15H2,1-3H3. The average Bonchev–Trinajstić information content (AvgIpc) is 2.55. The van der Waals surface area contributed by atoms with Gasteiger partial charge in [-0.3, -0.25) is 0 Å². The summed E-state index contributed by atoms with van der Waals surface area (Å²) in [5.41, 5.74) is 2.54. The number of nitrogens with one attached hydrogen (secondary N) is 1. The minimum Gasteiger partial charge on any atom is -0.495 e. The highest BCUT2D eigenvalue weighted by atomic mass is 16.5. The molecule has 0 aromatic heterocycles. The lowest BCUT2D eigenvalue weighted by atomic mass is 10.1. The van der Waals surface area contributed by atoms with Crippen molar-refractivity contribution in [3.05, 3.63) is 23.8 Å². The Balaban J connectivity index is 1.88. The van der Waals surface area contributed by atoms with Crippen LogP contribution in [0.5, 0.6) is 5.75 Å². The quantitative estimate of drug-likeness (QED) is 0.748. The first-order valence-electron chi connectivity index (χ1n) is 8.48. The number of methoxy groups -OCH3 is 1. The lowest BCUT2D eigenvalue weighted by Gasteiger charge is -2.30. The molecule has 0 spiro atoms. The van der Waals surface area contributed by atoms with Crippen molar-refractivity contribution < 1.29 is 4.74 Å². The molecule has 0 unspecified atom stereocenters. The van der Waals surface area contributed by atoms with Gasteiger partial charge in [0.1, 0.15) is 5.75 Å². The van der Waals surface area contributed by atoms with E-state index in [0.717, 1.165) is 38.5 Å². The first-order valence-corrected chi connectivity index (χ1v) is 8.48. The third-order valence-corrected chi connectivity index (χ3v) is 4.23. The first kappa shape index (κ1) is 17.1. The molecule has 2 rings (SSSR count). The molecule has 1 fully saturated rings. The Hall–Kier alpha value is -1.26. The van der Waals surface area contributed by atoms with Crippen LogP contribution in [0.25, 0.3) is 0 Å². The van der Waals surface area contributed by atoms with Crippen LogP contribution in [0.15, 0.2) is 18.2 Å². The van der Waals surface area contributed by atoms with Gasteiger partial charge in [-0.1, -0.05) is 6.07 Å². The monoisotopic (exact) mass is 305 g/mol. The van der Waals surface area contributed by atoms with Crippen LogP contribution in [-0.4, -0.2) is 52.3 Å². The van der Waals surface area contributed by atoms with Gasteiger partial charge in [0.25, 0.3) is 0 Å². The number of benzene rings is 1. The molecule has 1 N–H and O–H groups in total. The SMILES string of the molecule is COc1cc(CNCCCN(C)C)ccc1N1CCCCC1. The summed E-state index contributed by atoms with van der Waals surface area (Å²) in [4.78, 5) is 4.68. The number of anilines is 1. The lowest BCUT2D eigenvalue weighted by molar-refractivity contribution is 0.394. The smallest absolute Gasteiger partial charge is 0.142 e. The third kappa shape index (κ3) is 5.18. The minimum atomic E-state index is 0.907. The topological polar surface area (TPSA) is 27.7 Å². The highest BCUT2D eigenvalue weighted by molar-refractivity contribution is 5.60. The highest BCUT2D eigenvalue weighted by Gasteiger charge is 2.15. The molecule has 1 heterocycles. The van der Waals surface area contributed by atoms with Gasteiger partial charge in [0.2, 0.25) is 0 Å². The number of hydrogen-bond acceptors (Lipinski definition) is 4. The molecule has 0 bridgehead atoms. The van der Waals surface area contributed by atoms with Crippen molar-refractivity contribution in [2.75, 3.05) is 52.3 Å². The predicted molar refractivity (Wildman–Crippen MR) is 93.9 cm³/mol. The van der Waals surface area contributed by atoms with E-state index in [2.05, 4.69) is 47.4 Å². The molecule has 1 aromatic carbocycles. The average molecular weight is 305 g/mol. The fraction of sp³-hybridized carbons (Fsp3) is 0.667. The Bertz CT molecular complexity index is 442. The van der Waals surface area contributed by atoms with Gasteiger partial charge in [-0.2, -0.15) is 0 Å². The van der Waals surface area contributed by atoms with E-state index in [0.29, 0.717) is 0 Å². The molecule has 0 aliphatic carbocycles. The summed E-state index contributed by atoms with van der Waals surface area (Å²) in [5.74, 6) is 1.01. The molecule has 1 aliphatic heterocycles. The van der Waals surface area contributed by atoms with Crippen molar-refractivity contribution in [2.45, 2.75) is 32.2 Å². The van der Waals surface area contributed by atoms with E-state index in [1.807, 2.05) is 0 Å². The summed E-state index contributed by atoms with van der Waals surface area (Å²) in [6, 6.07) is 6.63. The van der Waals surface area contributed by atoms with Crippen molar-refractivity contribution in [3.63, 3.8) is 0 Å². The second kappa shape index (κ2) is 9.01. The first-order chi connectivity index (χ1) is 10.7. The predicted octanol–water partition coefficient (Wildman–Crippen LogP) is 2.73. The van der Waals surface area contributed by atoms with Crippen LogP contribution in [0.2, 0.25) is 0 Å². The van der Waals surface area contributed by atoms with Crippen molar-refractivity contribution >= 4 is 5.69 Å². The van der Waals surface area contributed by atoms with Crippen molar-refractivity contribution in [2.24, 2.45) is 0 Å². The summed E-state index contributed by atoms with van der Waals surface area (Å²) >= 11 is 0. The van der Waals surface area contributed by atoms with E-state index in [1.165, 1.54) is 36.9 Å². The third-order valence-electron chi connectivity index (χ3n) is 4.23. The Kier molecular flexibility index (Phi) is 7.00. The maximum atomic E-state index is 5.62. The Morgan fingerprint density at radius 1 is 1.18 bits per heavy atom. The Morgan fingerprint density at radius 2 is 1.95 bits per heavy atom. The van der Waals surface area contributed by atoms with Crippen LogP contribution in [0.3, 0.4) is 0 Å². The molecule has 0 atom stereocenters. The van der Waals surface area contributed by atoms with Crippen molar-refractivity contribution in [1.82, 2.24) is 10.2 Å². The molecule has 0 saturated carbocycles. The van der Waals surface area contributed by atoms with Crippen LogP contribution >= 0.6 is 0 Å². The number of hydrogen-bond donors (Lipinski definition) is 1. The molecular weight excluding hydrogens is 274 g/mol. The molecule has 1 saturated heterocycles. The van der Waals surface area contributed by atoms with Gasteiger partial charge in [-0.25, -0.2) is 0 Å². The van der Waals surface area contributed by atoms with E-state index < -0.39 is 0 Å². The number of nitrogens with zero attached hydrogens (tertiary/aromatic N) is 2. The minimum absolute atomic E-state index is 0.907. The van der Waals surface area contributed by atoms with Gasteiger partial charge in [0.15, 0.2) is 0 Å². The van der Waals surface area contributed by atoms with E-state index in [1.54, 1.807) is 7.11 Å². The fourth-order valence-corrected chi connectivity index (χ4v) is 2.98. The molecule has 22 heavy (non-hydrogen) atoms. The van der Waals surface area contributed by atoms with Gasteiger partial charge >= 0.3 is 0 Å². The maximum absolute atomic E-state index is 5.62. The Labute approximate surface area is 135 Å². The van der Waals surface area contributed by atoms with Crippen LogP contribution in [0, 0.1) is 0 Å². The fourth-order valence-electron chi connectivity index (χ4n) is 2.98. The summed E-state index contributed by atoms with van der Waals surface area (Å²) in [7, 11) is 6.01. The normalized spacial score (nSPS) is 15.4. The zero-order valence-corrected chi connectivity index (χ0v) is 14.4. The van der Waals surface area contributed by atoms with Gasteiger partial charge in [0.05, 0.1) is 12.8 Å². The molecule has 124 valence electrons. The molecule has 4 heteroatoms. The van der Waals surface area contributed by atoms with Gasteiger partial charge in [-0.15, -0.1) is 0 Å². The van der Waals surface area contributed by atoms with Gasteiger partial charge in [0, 0.05) is 19.6 Å². The summed E-state index contributed by atoms with van der Waals surface area (Å²) in [5, 5.41) is 3.51. The van der Waals surface area contributed by atoms with Crippen LogP contribution < -0.4 is 15.0 Å². The largest absolute Gasteiger partial charge is 0.495 e. The van der Waals surface area contributed by atoms with Crippen LogP contribution in [0.4, 0.5) is 5.69 Å². The van der Waals surface area contributed by atoms with E-state index in [-0.39, 0.29) is 0 Å². The van der Waals surface area contributed by atoms with Crippen LogP contribution in [-0.2, 0) is 6.54 Å². The summed E-state index contributed by atoms with van der Waals surface area (Å²) in [6.45, 7) is 5.39. The number of ether oxygens (including phenoxy) is 1. The molecular formula is C18H31N3O. The zero-order valence-electron chi connectivity index (χ0n) is 14.4. The van der Waals surface area contributed by atoms with E-state index in [9.17, 15) is 0 Å². The highest BCUT2D eigenvalue weighted by Crippen LogP contribution is 2.31. The van der Waals surface area contributed by atoms with Crippen LogP contribution in [0.1, 0.15) is 31.2 Å². The molecule has 1 aliphatic rings. The number of rotatable bonds is 8. The zero-order chi connectivity index (χ0) is 15.8. The Morgan fingerprint density at radius 3 is 2.64 bits per heavy atom. The summed E-state index contributed by atoms with van der Waals surface area (Å²) in [6.07, 6.45) is 5.11. The second-order valence-electron chi connectivity index (χ2n) is 6.39. The van der Waals surface area contributed by atoms with Crippen molar-refractivity contribution in [1.29, 1.82) is 0 Å². The molecule has 4 nitrogen and oxygen atoms in total. The van der Waals surface area contributed by atoms with Crippen molar-refractivity contribution in [3.8, 4) is 5.75 Å². The van der Waals surface area contributed by atoms with E-state index >= 15 is 0 Å². The summed E-state index contributed by atoms with van der Waals surface area (Å²) < 4.78 is 5.62. The molecule has 0 radical (unpaired) electrons. The van der Waals surface area contributed by atoms with E-state index in [4.69, 9.17) is 4.74 Å². The molecule has 0 amide bonds. The van der Waals surface area contributed by atoms with Gasteiger partial charge in [-0.05, 0) is 70.6 Å². The molecule has 1 aromatic rings. The number of piperidine rings is 1. The van der Waals surface area contributed by atoms with Gasteiger partial charge < -0.3 is 19.9 Å². The second-order valence-corrected chi connectivity index (χ2v) is 6.39. The lowest BCUT2D eigenvalue weighted by Crippen LogP contribution is -2.29. The maximum Gasteiger partial charge on any atom is 0.142 e.